The van der Waals surface area contributed by atoms with Crippen LogP contribution >= 0.6 is 0 Å². The van der Waals surface area contributed by atoms with Crippen LogP contribution in [-0.4, -0.2) is 27.0 Å². The molecule has 0 radical (unpaired) electrons. The van der Waals surface area contributed by atoms with Crippen molar-refractivity contribution < 1.29 is 14.3 Å². The van der Waals surface area contributed by atoms with Crippen LogP contribution in [0.1, 0.15) is 23.9 Å². The normalized spacial score (nSPS) is 11.6. The van der Waals surface area contributed by atoms with E-state index >= 15 is 0 Å². The first-order valence-corrected chi connectivity index (χ1v) is 9.13. The second kappa shape index (κ2) is 9.01. The fraction of sp³-hybridized carbons (Fsp3) is 0.238. The minimum atomic E-state index is -0.777. The molecule has 1 atom stereocenters. The van der Waals surface area contributed by atoms with Gasteiger partial charge in [0.15, 0.2) is 18.5 Å². The quantitative estimate of drug-likeness (QED) is 0.588. The number of ether oxygens (including phenoxy) is 2. The van der Waals surface area contributed by atoms with E-state index in [2.05, 4.69) is 20.3 Å². The monoisotopic (exact) mass is 393 g/mol. The van der Waals surface area contributed by atoms with Crippen LogP contribution in [0.25, 0.3) is 0 Å². The van der Waals surface area contributed by atoms with Crippen LogP contribution in [0, 0.1) is 13.8 Å². The predicted octanol–water partition coefficient (Wildman–Crippen LogP) is 3.32. The van der Waals surface area contributed by atoms with Crippen molar-refractivity contribution in [2.45, 2.75) is 33.5 Å². The third-order valence-corrected chi connectivity index (χ3v) is 3.98. The Morgan fingerprint density at radius 1 is 1.07 bits per heavy atom. The highest BCUT2D eigenvalue weighted by atomic mass is 16.6. The smallest absolute Gasteiger partial charge is 0.347 e. The summed E-state index contributed by atoms with van der Waals surface area (Å²) in [7, 11) is 0. The molecule has 3 N–H and O–H groups in total. The molecule has 0 amide bonds. The van der Waals surface area contributed by atoms with Crippen LogP contribution in [0.15, 0.2) is 48.5 Å². The van der Waals surface area contributed by atoms with Crippen LogP contribution in [0.2, 0.25) is 0 Å². The van der Waals surface area contributed by atoms with Crippen LogP contribution < -0.4 is 15.8 Å². The Morgan fingerprint density at radius 2 is 1.83 bits per heavy atom. The van der Waals surface area contributed by atoms with Gasteiger partial charge in [0.25, 0.3) is 0 Å². The molecule has 8 nitrogen and oxygen atoms in total. The average Bonchev–Trinajstić information content (AvgIpc) is 2.67. The Morgan fingerprint density at radius 3 is 2.55 bits per heavy atom. The molecule has 0 saturated heterocycles. The van der Waals surface area contributed by atoms with Crippen molar-refractivity contribution in [1.82, 2.24) is 15.0 Å². The first-order chi connectivity index (χ1) is 13.9. The average molecular weight is 393 g/mol. The Bertz CT molecular complexity index is 992. The van der Waals surface area contributed by atoms with Gasteiger partial charge in [0.2, 0.25) is 11.9 Å². The highest BCUT2D eigenvalue weighted by molar-refractivity contribution is 5.74. The van der Waals surface area contributed by atoms with Gasteiger partial charge in [-0.25, -0.2) is 4.79 Å². The Balaban J connectivity index is 1.60. The van der Waals surface area contributed by atoms with Gasteiger partial charge < -0.3 is 20.5 Å². The fourth-order valence-corrected chi connectivity index (χ4v) is 2.52. The molecule has 0 fully saturated rings. The molecule has 1 heterocycles. The zero-order valence-corrected chi connectivity index (χ0v) is 16.5. The van der Waals surface area contributed by atoms with Crippen LogP contribution in [0.3, 0.4) is 0 Å². The standard InChI is InChI=1S/C21H23N5O3/c1-13-7-9-16(10-8-13)23-21-25-18(24-20(22)26-21)12-28-19(27)15(3)29-17-6-4-5-14(2)11-17/h4-11,15H,12H2,1-3H3,(H3,22,23,24,25,26)/t15-/m1/s1. The Hall–Kier alpha value is -3.68. The van der Waals surface area contributed by atoms with E-state index < -0.39 is 12.1 Å². The summed E-state index contributed by atoms with van der Waals surface area (Å²) in [5.74, 6) is 0.617. The summed E-state index contributed by atoms with van der Waals surface area (Å²) >= 11 is 0. The van der Waals surface area contributed by atoms with Gasteiger partial charge >= 0.3 is 5.97 Å². The maximum atomic E-state index is 12.2. The Kier molecular flexibility index (Phi) is 6.23. The first kappa shape index (κ1) is 20.1. The van der Waals surface area contributed by atoms with Gasteiger partial charge in [0.05, 0.1) is 0 Å². The summed E-state index contributed by atoms with van der Waals surface area (Å²) < 4.78 is 10.9. The zero-order valence-electron chi connectivity index (χ0n) is 16.5. The van der Waals surface area contributed by atoms with E-state index in [4.69, 9.17) is 15.2 Å². The number of benzene rings is 2. The number of nitrogens with zero attached hydrogens (tertiary/aromatic N) is 3. The molecule has 0 saturated carbocycles. The molecule has 0 aliphatic heterocycles. The number of nitrogens with one attached hydrogen (secondary N) is 1. The molecule has 150 valence electrons. The number of hydrogen-bond acceptors (Lipinski definition) is 8. The maximum absolute atomic E-state index is 12.2. The third-order valence-electron chi connectivity index (χ3n) is 3.98. The molecule has 0 aliphatic carbocycles. The van der Waals surface area contributed by atoms with Gasteiger partial charge in [-0.05, 0) is 50.6 Å². The lowest BCUT2D eigenvalue weighted by Gasteiger charge is -2.14. The van der Waals surface area contributed by atoms with Crippen molar-refractivity contribution in [1.29, 1.82) is 0 Å². The van der Waals surface area contributed by atoms with Crippen LogP contribution in [0.5, 0.6) is 5.75 Å². The van der Waals surface area contributed by atoms with Crippen LogP contribution in [-0.2, 0) is 16.1 Å². The number of aryl methyl sites for hydroxylation is 2. The number of esters is 1. The molecular weight excluding hydrogens is 370 g/mol. The van der Waals surface area contributed by atoms with E-state index in [1.165, 1.54) is 0 Å². The first-order valence-electron chi connectivity index (χ1n) is 9.13. The number of hydrogen-bond donors (Lipinski definition) is 2. The number of aromatic nitrogens is 3. The minimum absolute atomic E-state index is 0.0321. The van der Waals surface area contributed by atoms with E-state index in [-0.39, 0.29) is 24.3 Å². The summed E-state index contributed by atoms with van der Waals surface area (Å²) in [6.45, 7) is 5.43. The molecule has 0 unspecified atom stereocenters. The van der Waals surface area contributed by atoms with E-state index in [0.717, 1.165) is 16.8 Å². The second-order valence-electron chi connectivity index (χ2n) is 6.61. The summed E-state index contributed by atoms with van der Waals surface area (Å²) in [5.41, 5.74) is 8.74. The van der Waals surface area contributed by atoms with E-state index in [0.29, 0.717) is 5.75 Å². The molecule has 3 rings (SSSR count). The molecule has 2 aromatic carbocycles. The highest BCUT2D eigenvalue weighted by Gasteiger charge is 2.17. The summed E-state index contributed by atoms with van der Waals surface area (Å²) in [6, 6.07) is 15.2. The van der Waals surface area contributed by atoms with Gasteiger partial charge in [-0.15, -0.1) is 0 Å². The van der Waals surface area contributed by atoms with Crippen LogP contribution in [0.4, 0.5) is 17.6 Å². The molecule has 1 aromatic heterocycles. The van der Waals surface area contributed by atoms with Crippen molar-refractivity contribution in [3.8, 4) is 5.75 Å². The number of rotatable bonds is 7. The largest absolute Gasteiger partial charge is 0.479 e. The van der Waals surface area contributed by atoms with E-state index in [1.807, 2.05) is 56.3 Å². The highest BCUT2D eigenvalue weighted by Crippen LogP contribution is 2.16. The lowest BCUT2D eigenvalue weighted by atomic mass is 10.2. The molecular formula is C21H23N5O3. The maximum Gasteiger partial charge on any atom is 0.347 e. The van der Waals surface area contributed by atoms with Crippen molar-refractivity contribution in [3.05, 3.63) is 65.5 Å². The van der Waals surface area contributed by atoms with Gasteiger partial charge in [0.1, 0.15) is 5.75 Å². The zero-order chi connectivity index (χ0) is 20.8. The predicted molar refractivity (Wildman–Crippen MR) is 110 cm³/mol. The Labute approximate surface area is 169 Å². The van der Waals surface area contributed by atoms with Crippen molar-refractivity contribution in [3.63, 3.8) is 0 Å². The molecule has 0 bridgehead atoms. The molecule has 0 aliphatic rings. The SMILES string of the molecule is Cc1ccc(Nc2nc(N)nc(COC(=O)[C@@H](C)Oc3cccc(C)c3)n2)cc1. The summed E-state index contributed by atoms with van der Waals surface area (Å²) in [5, 5.41) is 3.05. The van der Waals surface area contributed by atoms with Gasteiger partial charge in [0, 0.05) is 5.69 Å². The minimum Gasteiger partial charge on any atom is -0.479 e. The second-order valence-corrected chi connectivity index (χ2v) is 6.61. The molecule has 3 aromatic rings. The van der Waals surface area contributed by atoms with Gasteiger partial charge in [-0.2, -0.15) is 15.0 Å². The fourth-order valence-electron chi connectivity index (χ4n) is 2.52. The van der Waals surface area contributed by atoms with Crippen molar-refractivity contribution >= 4 is 23.6 Å². The number of anilines is 3. The summed E-state index contributed by atoms with van der Waals surface area (Å²) in [4.78, 5) is 24.6. The third kappa shape index (κ3) is 5.90. The number of carbonyl (C=O) groups excluding carboxylic acids is 1. The lowest BCUT2D eigenvalue weighted by molar-refractivity contribution is -0.152. The summed E-state index contributed by atoms with van der Waals surface area (Å²) in [6.07, 6.45) is -0.777. The topological polar surface area (TPSA) is 112 Å². The van der Waals surface area contributed by atoms with Crippen molar-refractivity contribution in [2.24, 2.45) is 0 Å². The molecule has 29 heavy (non-hydrogen) atoms. The number of nitrogens with two attached hydrogens (primary N) is 1. The number of nitrogen functional groups attached to an aromatic ring is 1. The molecule has 8 heteroatoms. The lowest BCUT2D eigenvalue weighted by Crippen LogP contribution is -2.26. The number of carbonyl (C=O) groups is 1. The van der Waals surface area contributed by atoms with Crippen molar-refractivity contribution in [2.75, 3.05) is 11.1 Å². The van der Waals surface area contributed by atoms with E-state index in [1.54, 1.807) is 13.0 Å². The molecule has 0 spiro atoms. The van der Waals surface area contributed by atoms with E-state index in [9.17, 15) is 4.79 Å². The van der Waals surface area contributed by atoms with Gasteiger partial charge in [-0.1, -0.05) is 29.8 Å². The van der Waals surface area contributed by atoms with Gasteiger partial charge in [-0.3, -0.25) is 0 Å².